The molecule has 18 nitrogen and oxygen atoms in total. The van der Waals surface area contributed by atoms with Gasteiger partial charge in [-0.1, -0.05) is 0 Å². The van der Waals surface area contributed by atoms with Crippen molar-refractivity contribution in [1.82, 2.24) is 0 Å². The largest absolute Gasteiger partial charge is 0.508 e. The van der Waals surface area contributed by atoms with Gasteiger partial charge in [-0.2, -0.15) is 0 Å². The standard InChI is InChI=1S/C22H18O11.C15H10O7/c23-10-5-12(24)11-7-18(33-22(31)9-3-15(27)20(30)16(28)4-9)21(32-17(11)6-10)8-1-13(25)19(29)14(26)2-8;16-7-4-10(19)12-11(5-7)22-15(14(21)13(12)20)6-1-2-8(17)9(18)3-6/h1-6,18,21,23-30H,7H2;1-5,16-19,21H/t18-,21-;/m1./s1. The maximum Gasteiger partial charge on any atom is 0.338 e. The summed E-state index contributed by atoms with van der Waals surface area (Å²) in [5.41, 5.74) is -0.909. The Morgan fingerprint density at radius 2 is 1.18 bits per heavy atom. The summed E-state index contributed by atoms with van der Waals surface area (Å²) in [6, 6.07) is 11.8. The van der Waals surface area contributed by atoms with E-state index in [1.165, 1.54) is 12.1 Å². The summed E-state index contributed by atoms with van der Waals surface area (Å²) in [5.74, 6) is -8.77. The second kappa shape index (κ2) is 13.8. The van der Waals surface area contributed by atoms with E-state index in [0.717, 1.165) is 54.6 Å². The predicted molar refractivity (Wildman–Crippen MR) is 185 cm³/mol. The van der Waals surface area contributed by atoms with E-state index in [1.807, 2.05) is 0 Å². The zero-order valence-electron chi connectivity index (χ0n) is 27.6. The smallest absolute Gasteiger partial charge is 0.338 e. The number of aromatic hydroxyl groups is 13. The van der Waals surface area contributed by atoms with Crippen molar-refractivity contribution in [2.45, 2.75) is 18.6 Å². The second-order valence-corrected chi connectivity index (χ2v) is 12.0. The number of rotatable bonds is 4. The van der Waals surface area contributed by atoms with Crippen LogP contribution in [-0.4, -0.2) is 78.5 Å². The Morgan fingerprint density at radius 1 is 0.600 bits per heavy atom. The van der Waals surface area contributed by atoms with Gasteiger partial charge in [0.25, 0.3) is 0 Å². The molecule has 5 aromatic carbocycles. The molecule has 13 N–H and O–H groups in total. The first-order valence-electron chi connectivity index (χ1n) is 15.6. The van der Waals surface area contributed by atoms with E-state index in [9.17, 15) is 76.0 Å². The monoisotopic (exact) mass is 760 g/mol. The third kappa shape index (κ3) is 6.97. The lowest BCUT2D eigenvalue weighted by atomic mass is 9.93. The summed E-state index contributed by atoms with van der Waals surface area (Å²) >= 11 is 0. The highest BCUT2D eigenvalue weighted by Crippen LogP contribution is 2.46. The van der Waals surface area contributed by atoms with E-state index in [2.05, 4.69) is 0 Å². The number of phenols is 12. The number of benzene rings is 5. The Labute approximate surface area is 305 Å². The van der Waals surface area contributed by atoms with Crippen LogP contribution in [0.25, 0.3) is 22.3 Å². The lowest BCUT2D eigenvalue weighted by molar-refractivity contribution is -0.0189. The number of ether oxygens (including phenoxy) is 2. The number of hydrogen-bond acceptors (Lipinski definition) is 18. The molecule has 0 spiro atoms. The first kappa shape index (κ1) is 36.8. The van der Waals surface area contributed by atoms with Crippen molar-refractivity contribution in [1.29, 1.82) is 0 Å². The van der Waals surface area contributed by atoms with Gasteiger partial charge in [0.05, 0.1) is 5.56 Å². The van der Waals surface area contributed by atoms with Crippen molar-refractivity contribution >= 4 is 16.9 Å². The van der Waals surface area contributed by atoms with Gasteiger partial charge in [0.1, 0.15) is 45.8 Å². The maximum atomic E-state index is 12.7. The van der Waals surface area contributed by atoms with Crippen LogP contribution >= 0.6 is 0 Å². The Balaban J connectivity index is 0.000000203. The molecule has 1 aromatic heterocycles. The summed E-state index contributed by atoms with van der Waals surface area (Å²) in [7, 11) is 0. The van der Waals surface area contributed by atoms with E-state index in [0.29, 0.717) is 0 Å². The summed E-state index contributed by atoms with van der Waals surface area (Å²) in [6.45, 7) is 0. The molecule has 0 saturated heterocycles. The number of hydrogen-bond donors (Lipinski definition) is 13. The van der Waals surface area contributed by atoms with E-state index in [4.69, 9.17) is 13.9 Å². The van der Waals surface area contributed by atoms with E-state index < -0.39 is 75.4 Å². The average Bonchev–Trinajstić information content (AvgIpc) is 3.11. The molecular weight excluding hydrogens is 732 g/mol. The van der Waals surface area contributed by atoms with Gasteiger partial charge in [0.15, 0.2) is 57.9 Å². The predicted octanol–water partition coefficient (Wildman–Crippen LogP) is 4.22. The number of carbonyl (C=O) groups excluding carboxylic acids is 1. The molecule has 0 unspecified atom stereocenters. The zero-order valence-corrected chi connectivity index (χ0v) is 27.6. The molecule has 0 radical (unpaired) electrons. The van der Waals surface area contributed by atoms with Crippen molar-refractivity contribution in [2.75, 3.05) is 0 Å². The normalized spacial score (nSPS) is 14.6. The first-order valence-corrected chi connectivity index (χ1v) is 15.6. The van der Waals surface area contributed by atoms with Gasteiger partial charge in [0.2, 0.25) is 11.2 Å². The summed E-state index contributed by atoms with van der Waals surface area (Å²) in [5, 5.41) is 126. The van der Waals surface area contributed by atoms with Crippen LogP contribution < -0.4 is 10.2 Å². The summed E-state index contributed by atoms with van der Waals surface area (Å²) < 4.78 is 16.6. The molecule has 18 heteroatoms. The molecular formula is C37H28O18. The molecule has 1 aliphatic rings. The fourth-order valence-electron chi connectivity index (χ4n) is 5.69. The van der Waals surface area contributed by atoms with Crippen LogP contribution in [0.2, 0.25) is 0 Å². The second-order valence-electron chi connectivity index (χ2n) is 12.0. The molecule has 2 atom stereocenters. The lowest BCUT2D eigenvalue weighted by Gasteiger charge is -2.34. The van der Waals surface area contributed by atoms with Crippen LogP contribution in [-0.2, 0) is 11.2 Å². The highest BCUT2D eigenvalue weighted by atomic mass is 16.6. The fraction of sp³-hybridized carbons (Fsp3) is 0.0811. The average molecular weight is 761 g/mol. The molecule has 55 heavy (non-hydrogen) atoms. The fourth-order valence-corrected chi connectivity index (χ4v) is 5.69. The number of fused-ring (bicyclic) bond motifs is 2. The molecule has 0 aliphatic carbocycles. The van der Waals surface area contributed by atoms with Crippen LogP contribution in [0.4, 0.5) is 0 Å². The first-order chi connectivity index (χ1) is 25.9. The number of esters is 1. The minimum absolute atomic E-state index is 0.0526. The van der Waals surface area contributed by atoms with Crippen molar-refractivity contribution in [2.24, 2.45) is 0 Å². The van der Waals surface area contributed by atoms with E-state index in [1.54, 1.807) is 0 Å². The van der Waals surface area contributed by atoms with Crippen LogP contribution in [0, 0.1) is 0 Å². The topological polar surface area (TPSA) is 329 Å². The van der Waals surface area contributed by atoms with Crippen LogP contribution in [0.15, 0.2) is 75.9 Å². The molecule has 284 valence electrons. The van der Waals surface area contributed by atoms with Gasteiger partial charge < -0.3 is 80.3 Å². The molecule has 0 saturated carbocycles. The van der Waals surface area contributed by atoms with Gasteiger partial charge in [-0.3, -0.25) is 4.79 Å². The number of phenolic OH excluding ortho intramolecular Hbond substituents is 12. The van der Waals surface area contributed by atoms with E-state index in [-0.39, 0.29) is 74.2 Å². The highest BCUT2D eigenvalue weighted by Gasteiger charge is 2.37. The van der Waals surface area contributed by atoms with Gasteiger partial charge >= 0.3 is 5.97 Å². The Morgan fingerprint density at radius 3 is 1.80 bits per heavy atom. The lowest BCUT2D eigenvalue weighted by Crippen LogP contribution is -2.34. The zero-order chi connectivity index (χ0) is 40.0. The molecule has 7 rings (SSSR count). The number of carbonyl (C=O) groups is 1. The third-order valence-corrected chi connectivity index (χ3v) is 8.32. The van der Waals surface area contributed by atoms with Gasteiger partial charge in [-0.05, 0) is 42.5 Å². The third-order valence-electron chi connectivity index (χ3n) is 8.32. The SMILES string of the molecule is O=C(O[C@@H]1Cc2c(O)cc(O)cc2O[C@@H]1c1cc(O)c(O)c(O)c1)c1cc(O)c(O)c(O)c1.O=c1c(O)c(-c2ccc(O)c(O)c2)oc2cc(O)cc(O)c12. The molecule has 0 bridgehead atoms. The summed E-state index contributed by atoms with van der Waals surface area (Å²) in [4.78, 5) is 24.9. The molecule has 2 heterocycles. The van der Waals surface area contributed by atoms with Gasteiger partial charge in [-0.25, -0.2) is 4.79 Å². The quantitative estimate of drug-likeness (QED) is 0.0883. The Bertz CT molecular complexity index is 2530. The van der Waals surface area contributed by atoms with Gasteiger partial charge in [-0.15, -0.1) is 0 Å². The van der Waals surface area contributed by atoms with E-state index >= 15 is 0 Å². The molecule has 0 amide bonds. The van der Waals surface area contributed by atoms with Crippen LogP contribution in [0.1, 0.15) is 27.6 Å². The maximum absolute atomic E-state index is 12.7. The molecule has 1 aliphatic heterocycles. The van der Waals surface area contributed by atoms with Gasteiger partial charge in [0, 0.05) is 47.4 Å². The van der Waals surface area contributed by atoms with Crippen molar-refractivity contribution in [3.8, 4) is 91.8 Å². The van der Waals surface area contributed by atoms with Crippen molar-refractivity contribution in [3.63, 3.8) is 0 Å². The molecule has 6 aromatic rings. The Kier molecular flexibility index (Phi) is 9.25. The summed E-state index contributed by atoms with van der Waals surface area (Å²) in [6.07, 6.45) is -2.49. The minimum Gasteiger partial charge on any atom is -0.508 e. The van der Waals surface area contributed by atoms with Crippen LogP contribution in [0.3, 0.4) is 0 Å². The van der Waals surface area contributed by atoms with Crippen LogP contribution in [0.5, 0.6) is 80.5 Å². The van der Waals surface area contributed by atoms with Crippen molar-refractivity contribution in [3.05, 3.63) is 93.6 Å². The Hall–Kier alpha value is -8.02. The van der Waals surface area contributed by atoms with Crippen molar-refractivity contribution < 1.29 is 85.1 Å². The minimum atomic E-state index is -1.18. The highest BCUT2D eigenvalue weighted by molar-refractivity contribution is 5.91. The molecule has 0 fully saturated rings.